The Morgan fingerprint density at radius 2 is 1.92 bits per heavy atom. The molecule has 2 aliphatic heterocycles. The second kappa shape index (κ2) is 6.67. The number of halogens is 2. The van der Waals surface area contributed by atoms with Crippen molar-refractivity contribution in [2.45, 2.75) is 12.1 Å². The van der Waals surface area contributed by atoms with Gasteiger partial charge in [-0.3, -0.25) is 0 Å². The Hall–Kier alpha value is -2.49. The predicted molar refractivity (Wildman–Crippen MR) is 90.9 cm³/mol. The Morgan fingerprint density at radius 1 is 1.19 bits per heavy atom. The van der Waals surface area contributed by atoms with E-state index in [1.807, 2.05) is 0 Å². The van der Waals surface area contributed by atoms with Gasteiger partial charge in [-0.1, -0.05) is 5.16 Å². The summed E-state index contributed by atoms with van der Waals surface area (Å²) in [7, 11) is 0. The number of aromatic nitrogens is 1. The summed E-state index contributed by atoms with van der Waals surface area (Å²) >= 11 is 0. The van der Waals surface area contributed by atoms with Gasteiger partial charge in [0.1, 0.15) is 40.7 Å². The van der Waals surface area contributed by atoms with Crippen molar-refractivity contribution >= 4 is 5.69 Å². The molecule has 2 aliphatic rings. The second-order valence-corrected chi connectivity index (χ2v) is 6.44. The van der Waals surface area contributed by atoms with Crippen LogP contribution in [0.15, 0.2) is 35.1 Å². The van der Waals surface area contributed by atoms with Gasteiger partial charge in [-0.25, -0.2) is 8.78 Å². The Kier molecular flexibility index (Phi) is 4.35. The van der Waals surface area contributed by atoms with Crippen molar-refractivity contribution in [3.05, 3.63) is 47.9 Å². The first-order chi connectivity index (χ1) is 12.5. The van der Waals surface area contributed by atoms with E-state index in [2.05, 4.69) is 16.0 Å². The van der Waals surface area contributed by atoms with Crippen LogP contribution in [0.5, 0.6) is 0 Å². The number of hydroxylamine groups is 1. The number of hydrogen-bond acceptors (Lipinski definition) is 7. The van der Waals surface area contributed by atoms with E-state index in [0.717, 1.165) is 0 Å². The summed E-state index contributed by atoms with van der Waals surface area (Å²) in [6.07, 6.45) is 3.37. The lowest BCUT2D eigenvalue weighted by atomic mass is 10.1. The largest absolute Gasteiger partial charge is 0.415 e. The highest BCUT2D eigenvalue weighted by atomic mass is 19.1. The van der Waals surface area contributed by atoms with E-state index in [9.17, 15) is 8.78 Å². The lowest BCUT2D eigenvalue weighted by Gasteiger charge is -2.30. The summed E-state index contributed by atoms with van der Waals surface area (Å²) in [4.78, 5) is 6.60. The summed E-state index contributed by atoms with van der Waals surface area (Å²) < 4.78 is 34.4. The molecule has 1 aromatic heterocycles. The third-order valence-electron chi connectivity index (χ3n) is 4.45. The summed E-state index contributed by atoms with van der Waals surface area (Å²) in [5, 5.41) is 7.06. The van der Waals surface area contributed by atoms with Crippen LogP contribution in [0.1, 0.15) is 5.76 Å². The van der Waals surface area contributed by atoms with Gasteiger partial charge in [0.2, 0.25) is 0 Å². The van der Waals surface area contributed by atoms with Gasteiger partial charge >= 0.3 is 0 Å². The SMILES string of the molecule is NC1(Cc2cc(-c3cc(F)c(N4CCNCC4)c(F)c3)no2)C=CON1. The molecule has 26 heavy (non-hydrogen) atoms. The van der Waals surface area contributed by atoms with E-state index in [1.54, 1.807) is 17.0 Å². The molecule has 0 saturated carbocycles. The maximum atomic E-state index is 14.6. The highest BCUT2D eigenvalue weighted by molar-refractivity contribution is 5.64. The Balaban J connectivity index is 1.57. The summed E-state index contributed by atoms with van der Waals surface area (Å²) in [5.74, 6) is -0.761. The van der Waals surface area contributed by atoms with Gasteiger partial charge in [0.05, 0.1) is 0 Å². The molecule has 4 N–H and O–H groups in total. The van der Waals surface area contributed by atoms with Crippen molar-refractivity contribution < 1.29 is 18.1 Å². The van der Waals surface area contributed by atoms with E-state index in [4.69, 9.17) is 15.1 Å². The third-order valence-corrected chi connectivity index (χ3v) is 4.45. The molecule has 0 bridgehead atoms. The van der Waals surface area contributed by atoms with E-state index in [0.29, 0.717) is 43.2 Å². The topological polar surface area (TPSA) is 88.6 Å². The van der Waals surface area contributed by atoms with Crippen LogP contribution in [0.3, 0.4) is 0 Å². The van der Waals surface area contributed by atoms with Crippen molar-refractivity contribution in [3.63, 3.8) is 0 Å². The molecule has 1 unspecified atom stereocenters. The van der Waals surface area contributed by atoms with E-state index < -0.39 is 17.3 Å². The number of nitrogens with zero attached hydrogens (tertiary/aromatic N) is 2. The molecule has 1 fully saturated rings. The second-order valence-electron chi connectivity index (χ2n) is 6.44. The van der Waals surface area contributed by atoms with E-state index in [-0.39, 0.29) is 12.1 Å². The molecule has 9 heteroatoms. The van der Waals surface area contributed by atoms with Crippen LogP contribution in [0, 0.1) is 11.6 Å². The van der Waals surface area contributed by atoms with Crippen molar-refractivity contribution in [1.29, 1.82) is 0 Å². The van der Waals surface area contributed by atoms with Crippen molar-refractivity contribution in [2.24, 2.45) is 5.73 Å². The van der Waals surface area contributed by atoms with E-state index in [1.165, 1.54) is 18.4 Å². The minimum absolute atomic E-state index is 0.00248. The molecule has 2 aromatic rings. The summed E-state index contributed by atoms with van der Waals surface area (Å²) in [5.41, 5.74) is 8.44. The number of anilines is 1. The molecule has 1 saturated heterocycles. The smallest absolute Gasteiger partial charge is 0.150 e. The van der Waals surface area contributed by atoms with Gasteiger partial charge in [0.25, 0.3) is 0 Å². The number of piperazine rings is 1. The van der Waals surface area contributed by atoms with Crippen LogP contribution >= 0.6 is 0 Å². The Morgan fingerprint density at radius 3 is 2.58 bits per heavy atom. The average molecular weight is 363 g/mol. The summed E-state index contributed by atoms with van der Waals surface area (Å²) in [6.45, 7) is 2.51. The fourth-order valence-corrected chi connectivity index (χ4v) is 3.15. The maximum Gasteiger partial charge on any atom is 0.150 e. The lowest BCUT2D eigenvalue weighted by molar-refractivity contribution is 0.0970. The average Bonchev–Trinajstić information content (AvgIpc) is 3.25. The van der Waals surface area contributed by atoms with Crippen LogP contribution in [0.2, 0.25) is 0 Å². The zero-order valence-corrected chi connectivity index (χ0v) is 14.0. The zero-order chi connectivity index (χ0) is 18.1. The van der Waals surface area contributed by atoms with Crippen LogP contribution in [-0.4, -0.2) is 37.0 Å². The van der Waals surface area contributed by atoms with Crippen LogP contribution < -0.4 is 21.4 Å². The maximum absolute atomic E-state index is 14.6. The number of benzene rings is 1. The molecule has 1 aromatic carbocycles. The predicted octanol–water partition coefficient (Wildman–Crippen LogP) is 1.28. The highest BCUT2D eigenvalue weighted by Gasteiger charge is 2.29. The molecule has 7 nitrogen and oxygen atoms in total. The fourth-order valence-electron chi connectivity index (χ4n) is 3.15. The molecule has 0 amide bonds. The molecule has 0 radical (unpaired) electrons. The minimum atomic E-state index is -0.903. The lowest BCUT2D eigenvalue weighted by Crippen LogP contribution is -2.49. The Bertz CT molecular complexity index is 811. The van der Waals surface area contributed by atoms with Crippen LogP contribution in [-0.2, 0) is 11.3 Å². The first-order valence-electron chi connectivity index (χ1n) is 8.34. The van der Waals surface area contributed by atoms with Crippen LogP contribution in [0.25, 0.3) is 11.3 Å². The summed E-state index contributed by atoms with van der Waals surface area (Å²) in [6, 6.07) is 4.16. The molecule has 1 atom stereocenters. The van der Waals surface area contributed by atoms with E-state index >= 15 is 0 Å². The molecule has 138 valence electrons. The quantitative estimate of drug-likeness (QED) is 0.754. The molecule has 4 rings (SSSR count). The van der Waals surface area contributed by atoms with Gasteiger partial charge in [-0.15, -0.1) is 5.48 Å². The van der Waals surface area contributed by atoms with Gasteiger partial charge in [0, 0.05) is 44.2 Å². The van der Waals surface area contributed by atoms with Crippen LogP contribution in [0.4, 0.5) is 14.5 Å². The highest BCUT2D eigenvalue weighted by Crippen LogP contribution is 2.30. The fraction of sp³-hybridized carbons (Fsp3) is 0.353. The number of nitrogens with one attached hydrogen (secondary N) is 2. The minimum Gasteiger partial charge on any atom is -0.415 e. The van der Waals surface area contributed by atoms with Gasteiger partial charge in [-0.05, 0) is 18.2 Å². The number of hydrogen-bond donors (Lipinski definition) is 3. The van der Waals surface area contributed by atoms with Gasteiger partial charge in [0.15, 0.2) is 0 Å². The molecule has 3 heterocycles. The zero-order valence-electron chi connectivity index (χ0n) is 14.0. The first-order valence-corrected chi connectivity index (χ1v) is 8.34. The molecular formula is C17H19F2N5O2. The standard InChI is InChI=1S/C17H19F2N5O2/c18-13-7-11(8-14(19)16(13)24-4-2-21-3-5-24)15-9-12(26-22-15)10-17(20)1-6-25-23-17/h1,6-9,21,23H,2-5,10,20H2. The molecule has 0 spiro atoms. The third kappa shape index (κ3) is 3.28. The van der Waals surface area contributed by atoms with Gasteiger partial charge < -0.3 is 25.3 Å². The number of nitrogens with two attached hydrogens (primary N) is 1. The normalized spacial score (nSPS) is 22.7. The van der Waals surface area contributed by atoms with Crippen molar-refractivity contribution in [3.8, 4) is 11.3 Å². The molecular weight excluding hydrogens is 344 g/mol. The Labute approximate surface area is 148 Å². The number of rotatable bonds is 4. The van der Waals surface area contributed by atoms with Gasteiger partial charge in [-0.2, -0.15) is 0 Å². The van der Waals surface area contributed by atoms with Crippen molar-refractivity contribution in [2.75, 3.05) is 31.1 Å². The molecule has 0 aliphatic carbocycles. The first kappa shape index (κ1) is 17.0. The van der Waals surface area contributed by atoms with Crippen molar-refractivity contribution in [1.82, 2.24) is 16.0 Å². The monoisotopic (exact) mass is 363 g/mol.